The van der Waals surface area contributed by atoms with Crippen LogP contribution >= 0.6 is 0 Å². The Kier molecular flexibility index (Phi) is 1.71. The first kappa shape index (κ1) is 6.12. The van der Waals surface area contributed by atoms with Gasteiger partial charge in [0.25, 0.3) is 0 Å². The summed E-state index contributed by atoms with van der Waals surface area (Å²) < 4.78 is 4.35. The quantitative estimate of drug-likeness (QED) is 0.435. The number of H-pyrrole nitrogens is 1. The minimum atomic E-state index is -1.79. The molecule has 1 heterocycles. The third-order valence-electron chi connectivity index (χ3n) is 0.706. The molecule has 0 saturated heterocycles. The summed E-state index contributed by atoms with van der Waals surface area (Å²) in [4.78, 5) is 6.09. The molecule has 0 fully saturated rings. The molecule has 0 aliphatic heterocycles. The fourth-order valence-electron chi connectivity index (χ4n) is 0.421. The van der Waals surface area contributed by atoms with Crippen LogP contribution in [-0.2, 0) is 0 Å². The predicted molar refractivity (Wildman–Crippen MR) is 29.4 cm³/mol. The van der Waals surface area contributed by atoms with Gasteiger partial charge in [0, 0.05) is 0 Å². The van der Waals surface area contributed by atoms with Crippen LogP contribution in [0.15, 0.2) is 12.5 Å². The van der Waals surface area contributed by atoms with Crippen LogP contribution in [-0.4, -0.2) is 27.3 Å². The van der Waals surface area contributed by atoms with Crippen molar-refractivity contribution in [3.63, 3.8) is 0 Å². The fraction of sp³-hybridized carbons (Fsp3) is 0. The van der Waals surface area contributed by atoms with Crippen LogP contribution in [0.3, 0.4) is 0 Å². The summed E-state index contributed by atoms with van der Waals surface area (Å²) in [6, 6.07) is 0. The topological polar surface area (TPSA) is 78.4 Å². The monoisotopic (exact) mass is 128 g/mol. The minimum Gasteiger partial charge on any atom is -0.498 e. The Morgan fingerprint density at radius 2 is 2.44 bits per heavy atom. The third kappa shape index (κ3) is 1.75. The van der Waals surface area contributed by atoms with Gasteiger partial charge in [0.15, 0.2) is 5.88 Å². The lowest BCUT2D eigenvalue weighted by Crippen LogP contribution is -2.20. The van der Waals surface area contributed by atoms with Gasteiger partial charge in [-0.2, -0.15) is 0 Å². The molecule has 0 saturated carbocycles. The van der Waals surface area contributed by atoms with Crippen molar-refractivity contribution in [2.24, 2.45) is 0 Å². The van der Waals surface area contributed by atoms with Gasteiger partial charge in [0.2, 0.25) is 0 Å². The van der Waals surface area contributed by atoms with E-state index < -0.39 is 7.32 Å². The van der Waals surface area contributed by atoms with E-state index in [2.05, 4.69) is 14.6 Å². The average molecular weight is 128 g/mol. The molecule has 1 aromatic rings. The van der Waals surface area contributed by atoms with E-state index in [-0.39, 0.29) is 5.88 Å². The number of nitrogens with zero attached hydrogens (tertiary/aromatic N) is 1. The zero-order valence-electron chi connectivity index (χ0n) is 4.48. The Balaban J connectivity index is 2.48. The molecule has 48 valence electrons. The molecule has 0 aliphatic carbocycles. The van der Waals surface area contributed by atoms with E-state index in [1.807, 2.05) is 0 Å². The number of aromatic nitrogens is 2. The van der Waals surface area contributed by atoms with Gasteiger partial charge in [-0.3, -0.25) is 0 Å². The standard InChI is InChI=1S/C3H5BN2O3/c7-4(8)9-3-1-5-2-6-3/h1-2,7-8H,(H,5,6). The summed E-state index contributed by atoms with van der Waals surface area (Å²) in [6.07, 6.45) is 2.71. The summed E-state index contributed by atoms with van der Waals surface area (Å²) in [5.74, 6) is 0.227. The molecule has 0 unspecified atom stereocenters. The molecule has 1 aromatic heterocycles. The van der Waals surface area contributed by atoms with Gasteiger partial charge >= 0.3 is 7.32 Å². The molecule has 3 N–H and O–H groups in total. The second-order valence-corrected chi connectivity index (χ2v) is 1.36. The number of rotatable bonds is 2. The van der Waals surface area contributed by atoms with Crippen LogP contribution in [0.2, 0.25) is 0 Å². The largest absolute Gasteiger partial charge is 0.708 e. The lowest BCUT2D eigenvalue weighted by molar-refractivity contribution is 0.284. The van der Waals surface area contributed by atoms with Crippen molar-refractivity contribution in [3.05, 3.63) is 12.5 Å². The van der Waals surface area contributed by atoms with Gasteiger partial charge < -0.3 is 19.7 Å². The molecule has 9 heavy (non-hydrogen) atoms. The molecule has 1 rings (SSSR count). The second-order valence-electron chi connectivity index (χ2n) is 1.36. The van der Waals surface area contributed by atoms with E-state index in [1.165, 1.54) is 12.5 Å². The van der Waals surface area contributed by atoms with Crippen LogP contribution in [0.25, 0.3) is 0 Å². The number of nitrogens with one attached hydrogen (secondary N) is 1. The predicted octanol–water partition coefficient (Wildman–Crippen LogP) is -1.24. The van der Waals surface area contributed by atoms with Crippen LogP contribution in [0.1, 0.15) is 0 Å². The third-order valence-corrected chi connectivity index (χ3v) is 0.706. The zero-order chi connectivity index (χ0) is 6.69. The van der Waals surface area contributed by atoms with Gasteiger partial charge in [0.05, 0.1) is 12.5 Å². The molecule has 0 bridgehead atoms. The van der Waals surface area contributed by atoms with Crippen molar-refractivity contribution in [2.75, 3.05) is 0 Å². The highest BCUT2D eigenvalue weighted by Crippen LogP contribution is 2.00. The van der Waals surface area contributed by atoms with Crippen molar-refractivity contribution in [1.82, 2.24) is 9.97 Å². The van der Waals surface area contributed by atoms with E-state index in [1.54, 1.807) is 0 Å². The van der Waals surface area contributed by atoms with Gasteiger partial charge in [-0.1, -0.05) is 0 Å². The number of aromatic amines is 1. The molecule has 0 spiro atoms. The summed E-state index contributed by atoms with van der Waals surface area (Å²) in [5.41, 5.74) is 0. The van der Waals surface area contributed by atoms with E-state index in [9.17, 15) is 0 Å². The Bertz CT molecular complexity index is 164. The van der Waals surface area contributed by atoms with E-state index in [4.69, 9.17) is 10.0 Å². The highest BCUT2D eigenvalue weighted by atomic mass is 16.6. The van der Waals surface area contributed by atoms with Gasteiger partial charge in [-0.15, -0.1) is 0 Å². The second kappa shape index (κ2) is 2.52. The maximum atomic E-state index is 8.21. The van der Waals surface area contributed by atoms with Crippen LogP contribution in [0.5, 0.6) is 5.88 Å². The van der Waals surface area contributed by atoms with Crippen molar-refractivity contribution < 1.29 is 14.7 Å². The average Bonchev–Trinajstić information content (AvgIpc) is 2.15. The van der Waals surface area contributed by atoms with Crippen molar-refractivity contribution >= 4 is 7.32 Å². The van der Waals surface area contributed by atoms with E-state index in [0.717, 1.165) is 0 Å². The van der Waals surface area contributed by atoms with Crippen molar-refractivity contribution in [2.45, 2.75) is 0 Å². The normalized spacial score (nSPS) is 9.11. The maximum Gasteiger partial charge on any atom is 0.708 e. The highest BCUT2D eigenvalue weighted by molar-refractivity contribution is 6.33. The van der Waals surface area contributed by atoms with Crippen molar-refractivity contribution in [3.8, 4) is 5.88 Å². The number of hydrogen-bond donors (Lipinski definition) is 3. The summed E-state index contributed by atoms with van der Waals surface area (Å²) in [5, 5.41) is 16.4. The SMILES string of the molecule is OB(O)Oc1cnc[nH]1. The molecule has 5 nitrogen and oxygen atoms in total. The lowest BCUT2D eigenvalue weighted by Gasteiger charge is -1.97. The first-order valence-electron chi connectivity index (χ1n) is 2.30. The molecule has 0 amide bonds. The minimum absolute atomic E-state index is 0.227. The van der Waals surface area contributed by atoms with Crippen LogP contribution < -0.4 is 4.65 Å². The fourth-order valence-corrected chi connectivity index (χ4v) is 0.421. The Hall–Kier alpha value is -1.01. The zero-order valence-corrected chi connectivity index (χ0v) is 4.48. The van der Waals surface area contributed by atoms with Gasteiger partial charge in [-0.25, -0.2) is 4.98 Å². The van der Waals surface area contributed by atoms with Crippen LogP contribution in [0.4, 0.5) is 0 Å². The maximum absolute atomic E-state index is 8.21. The van der Waals surface area contributed by atoms with E-state index in [0.29, 0.717) is 0 Å². The Morgan fingerprint density at radius 1 is 1.67 bits per heavy atom. The van der Waals surface area contributed by atoms with Crippen LogP contribution in [0, 0.1) is 0 Å². The summed E-state index contributed by atoms with van der Waals surface area (Å²) in [6.45, 7) is 0. The lowest BCUT2D eigenvalue weighted by atomic mass is 10.3. The molecule has 0 radical (unpaired) electrons. The summed E-state index contributed by atoms with van der Waals surface area (Å²) >= 11 is 0. The Morgan fingerprint density at radius 3 is 2.89 bits per heavy atom. The smallest absolute Gasteiger partial charge is 0.498 e. The molecule has 0 aromatic carbocycles. The molecular weight excluding hydrogens is 123 g/mol. The molecule has 0 aliphatic rings. The number of imidazole rings is 1. The Labute approximate surface area is 51.5 Å². The van der Waals surface area contributed by atoms with Crippen molar-refractivity contribution in [1.29, 1.82) is 0 Å². The molecule has 6 heteroatoms. The van der Waals surface area contributed by atoms with Gasteiger partial charge in [0.1, 0.15) is 0 Å². The number of hydrogen-bond acceptors (Lipinski definition) is 4. The first-order valence-corrected chi connectivity index (χ1v) is 2.30. The summed E-state index contributed by atoms with van der Waals surface area (Å²) in [7, 11) is -1.79. The molecule has 0 atom stereocenters. The first-order chi connectivity index (χ1) is 4.29. The van der Waals surface area contributed by atoms with Gasteiger partial charge in [-0.05, 0) is 0 Å². The molecular formula is C3H5BN2O3. The van der Waals surface area contributed by atoms with E-state index >= 15 is 0 Å². The highest BCUT2D eigenvalue weighted by Gasteiger charge is 2.10.